The Balaban J connectivity index is 1.77. The molecule has 20 heavy (non-hydrogen) atoms. The zero-order valence-corrected chi connectivity index (χ0v) is 11.5. The third kappa shape index (κ3) is 2.86. The van der Waals surface area contributed by atoms with Gasteiger partial charge >= 0.3 is 0 Å². The van der Waals surface area contributed by atoms with Gasteiger partial charge in [-0.15, -0.1) is 0 Å². The van der Waals surface area contributed by atoms with E-state index in [1.807, 2.05) is 36.4 Å². The van der Waals surface area contributed by atoms with E-state index in [-0.39, 0.29) is 5.28 Å². The van der Waals surface area contributed by atoms with Gasteiger partial charge in [0.25, 0.3) is 0 Å². The lowest BCUT2D eigenvalue weighted by Gasteiger charge is -2.08. The zero-order chi connectivity index (χ0) is 13.8. The van der Waals surface area contributed by atoms with E-state index < -0.39 is 0 Å². The van der Waals surface area contributed by atoms with Gasteiger partial charge in [0.05, 0.1) is 5.52 Å². The summed E-state index contributed by atoms with van der Waals surface area (Å²) in [5.41, 5.74) is 2.08. The smallest absolute Gasteiger partial charge is 0.224 e. The maximum absolute atomic E-state index is 5.95. The molecule has 0 amide bonds. The summed E-state index contributed by atoms with van der Waals surface area (Å²) in [6.07, 6.45) is 4.50. The number of halogens is 1. The molecular weight excluding hydrogens is 272 g/mol. The molecule has 1 N–H and O–H groups in total. The Hall–Kier alpha value is -2.20. The van der Waals surface area contributed by atoms with Gasteiger partial charge in [-0.3, -0.25) is 4.98 Å². The predicted molar refractivity (Wildman–Crippen MR) is 81.0 cm³/mol. The van der Waals surface area contributed by atoms with Crippen LogP contribution in [0.5, 0.6) is 0 Å². The number of fused-ring (bicyclic) bond motifs is 1. The molecule has 1 aromatic carbocycles. The van der Waals surface area contributed by atoms with Crippen molar-refractivity contribution in [1.82, 2.24) is 15.0 Å². The van der Waals surface area contributed by atoms with Crippen molar-refractivity contribution in [2.24, 2.45) is 0 Å². The maximum Gasteiger partial charge on any atom is 0.224 e. The van der Waals surface area contributed by atoms with Crippen molar-refractivity contribution in [3.63, 3.8) is 0 Å². The van der Waals surface area contributed by atoms with Crippen molar-refractivity contribution in [2.75, 3.05) is 11.9 Å². The molecule has 0 unspecified atom stereocenters. The second-order valence-corrected chi connectivity index (χ2v) is 4.73. The number of benzene rings is 1. The van der Waals surface area contributed by atoms with Crippen LogP contribution in [-0.4, -0.2) is 21.5 Å². The van der Waals surface area contributed by atoms with Gasteiger partial charge < -0.3 is 5.32 Å². The molecular formula is C15H13ClN4. The molecule has 2 aromatic heterocycles. The van der Waals surface area contributed by atoms with Crippen LogP contribution in [0, 0.1) is 0 Å². The molecule has 5 heteroatoms. The summed E-state index contributed by atoms with van der Waals surface area (Å²) in [5.74, 6) is 0.773. The summed E-state index contributed by atoms with van der Waals surface area (Å²) in [6.45, 7) is 0.779. The number of nitrogens with one attached hydrogen (secondary N) is 1. The fourth-order valence-electron chi connectivity index (χ4n) is 2.06. The van der Waals surface area contributed by atoms with E-state index in [0.717, 1.165) is 29.7 Å². The van der Waals surface area contributed by atoms with E-state index in [4.69, 9.17) is 11.6 Å². The molecule has 0 spiro atoms. The van der Waals surface area contributed by atoms with Crippen molar-refractivity contribution in [1.29, 1.82) is 0 Å². The molecule has 100 valence electrons. The molecule has 0 aliphatic carbocycles. The van der Waals surface area contributed by atoms with Crippen molar-refractivity contribution in [3.05, 3.63) is 59.6 Å². The van der Waals surface area contributed by atoms with Gasteiger partial charge in [-0.2, -0.15) is 0 Å². The highest BCUT2D eigenvalue weighted by atomic mass is 35.5. The third-order valence-corrected chi connectivity index (χ3v) is 3.20. The monoisotopic (exact) mass is 284 g/mol. The Kier molecular flexibility index (Phi) is 3.74. The van der Waals surface area contributed by atoms with Crippen LogP contribution in [0.4, 0.5) is 5.82 Å². The number of hydrogen-bond donors (Lipinski definition) is 1. The van der Waals surface area contributed by atoms with Gasteiger partial charge in [0, 0.05) is 24.3 Å². The van der Waals surface area contributed by atoms with Gasteiger partial charge in [-0.25, -0.2) is 9.97 Å². The fourth-order valence-corrected chi connectivity index (χ4v) is 2.23. The number of pyridine rings is 1. The molecule has 0 saturated carbocycles. The molecule has 0 bridgehead atoms. The van der Waals surface area contributed by atoms with Crippen molar-refractivity contribution in [2.45, 2.75) is 6.42 Å². The molecule has 0 saturated heterocycles. The van der Waals surface area contributed by atoms with E-state index in [2.05, 4.69) is 20.3 Å². The highest BCUT2D eigenvalue weighted by Gasteiger charge is 2.05. The van der Waals surface area contributed by atoms with Crippen molar-refractivity contribution < 1.29 is 0 Å². The Morgan fingerprint density at radius 1 is 1.00 bits per heavy atom. The molecule has 0 aliphatic rings. The predicted octanol–water partition coefficient (Wildman–Crippen LogP) is 3.33. The molecule has 0 atom stereocenters. The summed E-state index contributed by atoms with van der Waals surface area (Å²) < 4.78 is 0. The van der Waals surface area contributed by atoms with Crippen LogP contribution >= 0.6 is 11.6 Å². The van der Waals surface area contributed by atoms with Crippen LogP contribution in [0.3, 0.4) is 0 Å². The highest BCUT2D eigenvalue weighted by molar-refractivity contribution is 6.28. The Bertz CT molecular complexity index is 715. The summed E-state index contributed by atoms with van der Waals surface area (Å²) in [4.78, 5) is 12.5. The lowest BCUT2D eigenvalue weighted by Crippen LogP contribution is -2.07. The summed E-state index contributed by atoms with van der Waals surface area (Å²) in [7, 11) is 0. The second kappa shape index (κ2) is 5.84. The number of aromatic nitrogens is 3. The van der Waals surface area contributed by atoms with Crippen LogP contribution < -0.4 is 5.32 Å². The maximum atomic E-state index is 5.95. The number of para-hydroxylation sites is 1. The molecule has 0 radical (unpaired) electrons. The Morgan fingerprint density at radius 2 is 1.80 bits per heavy atom. The number of hydrogen-bond acceptors (Lipinski definition) is 4. The standard InChI is InChI=1S/C15H13ClN4/c16-15-19-13-4-2-1-3-12(13)14(20-15)18-10-7-11-5-8-17-9-6-11/h1-6,8-9H,7,10H2,(H,18,19,20). The summed E-state index contributed by atoms with van der Waals surface area (Å²) >= 11 is 5.95. The van der Waals surface area contributed by atoms with Gasteiger partial charge in [0.15, 0.2) is 0 Å². The summed E-state index contributed by atoms with van der Waals surface area (Å²) in [5, 5.41) is 4.56. The normalized spacial score (nSPS) is 10.7. The molecule has 3 aromatic rings. The van der Waals surface area contributed by atoms with E-state index in [9.17, 15) is 0 Å². The van der Waals surface area contributed by atoms with Crippen molar-refractivity contribution >= 4 is 28.3 Å². The van der Waals surface area contributed by atoms with Crippen molar-refractivity contribution in [3.8, 4) is 0 Å². The molecule has 2 heterocycles. The first-order valence-corrected chi connectivity index (χ1v) is 6.76. The lowest BCUT2D eigenvalue weighted by molar-refractivity contribution is 1.00. The molecule has 4 nitrogen and oxygen atoms in total. The van der Waals surface area contributed by atoms with E-state index in [0.29, 0.717) is 0 Å². The fraction of sp³-hybridized carbons (Fsp3) is 0.133. The minimum absolute atomic E-state index is 0.259. The summed E-state index contributed by atoms with van der Waals surface area (Å²) in [6, 6.07) is 11.8. The highest BCUT2D eigenvalue weighted by Crippen LogP contribution is 2.21. The van der Waals surface area contributed by atoms with Crippen LogP contribution in [0.1, 0.15) is 5.56 Å². The average Bonchev–Trinajstić information content (AvgIpc) is 2.48. The van der Waals surface area contributed by atoms with E-state index >= 15 is 0 Å². The zero-order valence-electron chi connectivity index (χ0n) is 10.8. The van der Waals surface area contributed by atoms with Gasteiger partial charge in [0.1, 0.15) is 5.82 Å². The lowest BCUT2D eigenvalue weighted by atomic mass is 10.2. The topological polar surface area (TPSA) is 50.7 Å². The van der Waals surface area contributed by atoms with E-state index in [1.165, 1.54) is 5.56 Å². The molecule has 0 fully saturated rings. The average molecular weight is 285 g/mol. The minimum Gasteiger partial charge on any atom is -0.369 e. The number of anilines is 1. The van der Waals surface area contributed by atoms with Gasteiger partial charge in [0.2, 0.25) is 5.28 Å². The number of rotatable bonds is 4. The van der Waals surface area contributed by atoms with Crippen LogP contribution in [0.15, 0.2) is 48.8 Å². The number of nitrogens with zero attached hydrogens (tertiary/aromatic N) is 3. The van der Waals surface area contributed by atoms with Gasteiger partial charge in [-0.1, -0.05) is 12.1 Å². The Morgan fingerprint density at radius 3 is 2.65 bits per heavy atom. The first-order valence-electron chi connectivity index (χ1n) is 6.38. The second-order valence-electron chi connectivity index (χ2n) is 4.39. The quantitative estimate of drug-likeness (QED) is 0.747. The Labute approximate surface area is 121 Å². The minimum atomic E-state index is 0.259. The van der Waals surface area contributed by atoms with E-state index in [1.54, 1.807) is 12.4 Å². The molecule has 0 aliphatic heterocycles. The molecule has 3 rings (SSSR count). The third-order valence-electron chi connectivity index (χ3n) is 3.03. The largest absolute Gasteiger partial charge is 0.369 e. The van der Waals surface area contributed by atoms with Gasteiger partial charge in [-0.05, 0) is 47.9 Å². The SMILES string of the molecule is Clc1nc(NCCc2ccncc2)c2ccccc2n1. The van der Waals surface area contributed by atoms with Crippen LogP contribution in [0.2, 0.25) is 5.28 Å². The first-order chi connectivity index (χ1) is 9.83. The van der Waals surface area contributed by atoms with Crippen LogP contribution in [0.25, 0.3) is 10.9 Å². The van der Waals surface area contributed by atoms with Crippen LogP contribution in [-0.2, 0) is 6.42 Å². The first kappa shape index (κ1) is 12.8.